The smallest absolute Gasteiger partial charge is 0.411 e. The van der Waals surface area contributed by atoms with Gasteiger partial charge in [-0.3, -0.25) is 4.90 Å². The SMILES string of the molecule is CC(C)(C)OC(=O)N1C[C@@H]2CC2[C@H]1C(=O)O. The number of piperidine rings is 1. The molecule has 3 atom stereocenters. The summed E-state index contributed by atoms with van der Waals surface area (Å²) in [5.74, 6) is -0.408. The first kappa shape index (κ1) is 11.2. The van der Waals surface area contributed by atoms with Gasteiger partial charge in [-0.15, -0.1) is 0 Å². The summed E-state index contributed by atoms with van der Waals surface area (Å²) in [6.45, 7) is 5.85. The van der Waals surface area contributed by atoms with Gasteiger partial charge in [-0.2, -0.15) is 0 Å². The zero-order chi connectivity index (χ0) is 12.1. The molecule has 1 aliphatic carbocycles. The summed E-state index contributed by atoms with van der Waals surface area (Å²) in [6, 6.07) is -0.681. The number of fused-ring (bicyclic) bond motifs is 1. The van der Waals surface area contributed by atoms with Gasteiger partial charge < -0.3 is 9.84 Å². The van der Waals surface area contributed by atoms with Crippen molar-refractivity contribution in [2.24, 2.45) is 11.8 Å². The lowest BCUT2D eigenvalue weighted by Crippen LogP contribution is -2.45. The van der Waals surface area contributed by atoms with Crippen LogP contribution in [-0.2, 0) is 9.53 Å². The van der Waals surface area contributed by atoms with Crippen molar-refractivity contribution in [3.63, 3.8) is 0 Å². The lowest BCUT2D eigenvalue weighted by molar-refractivity contribution is -0.142. The van der Waals surface area contributed by atoms with E-state index in [0.717, 1.165) is 6.42 Å². The first-order chi connectivity index (χ1) is 7.29. The van der Waals surface area contributed by atoms with Gasteiger partial charge in [-0.1, -0.05) is 0 Å². The van der Waals surface area contributed by atoms with Gasteiger partial charge in [-0.05, 0) is 39.0 Å². The number of carboxylic acids is 1. The number of hydrogen-bond acceptors (Lipinski definition) is 3. The van der Waals surface area contributed by atoms with Gasteiger partial charge in [0.15, 0.2) is 0 Å². The molecule has 1 unspecified atom stereocenters. The van der Waals surface area contributed by atoms with Crippen LogP contribution in [0.2, 0.25) is 0 Å². The molecule has 1 aliphatic heterocycles. The molecule has 1 N–H and O–H groups in total. The predicted octanol–water partition coefficient (Wildman–Crippen LogP) is 1.33. The second-order valence-electron chi connectivity index (χ2n) is 5.58. The summed E-state index contributed by atoms with van der Waals surface area (Å²) in [6.07, 6.45) is 0.420. The van der Waals surface area contributed by atoms with Gasteiger partial charge in [0.1, 0.15) is 11.6 Å². The van der Waals surface area contributed by atoms with Crippen LogP contribution in [0.25, 0.3) is 0 Å². The number of carbonyl (C=O) groups excluding carboxylic acids is 1. The van der Waals surface area contributed by atoms with Crippen molar-refractivity contribution in [2.45, 2.75) is 38.8 Å². The van der Waals surface area contributed by atoms with E-state index in [2.05, 4.69) is 0 Å². The number of nitrogens with zero attached hydrogens (tertiary/aromatic N) is 1. The van der Waals surface area contributed by atoms with Gasteiger partial charge >= 0.3 is 12.1 Å². The van der Waals surface area contributed by atoms with Gasteiger partial charge in [0.05, 0.1) is 0 Å². The van der Waals surface area contributed by atoms with Crippen molar-refractivity contribution < 1.29 is 19.4 Å². The van der Waals surface area contributed by atoms with E-state index in [9.17, 15) is 9.59 Å². The van der Waals surface area contributed by atoms with Crippen LogP contribution in [0.1, 0.15) is 27.2 Å². The number of amides is 1. The molecule has 1 saturated carbocycles. The van der Waals surface area contributed by atoms with E-state index in [1.54, 1.807) is 20.8 Å². The standard InChI is InChI=1S/C11H17NO4/c1-11(2,3)16-10(15)12-5-6-4-7(6)8(12)9(13)14/h6-8H,4-5H2,1-3H3,(H,13,14)/t6-,7?,8-/m0/s1. The summed E-state index contributed by atoms with van der Waals surface area (Å²) in [7, 11) is 0. The molecule has 0 aromatic rings. The maximum absolute atomic E-state index is 11.8. The number of rotatable bonds is 1. The van der Waals surface area contributed by atoms with E-state index in [-0.39, 0.29) is 5.92 Å². The Morgan fingerprint density at radius 3 is 2.50 bits per heavy atom. The summed E-state index contributed by atoms with van der Waals surface area (Å²) in [5, 5.41) is 9.08. The topological polar surface area (TPSA) is 66.8 Å². The van der Waals surface area contributed by atoms with Crippen LogP contribution in [0.3, 0.4) is 0 Å². The molecule has 5 nitrogen and oxygen atoms in total. The van der Waals surface area contributed by atoms with Crippen molar-refractivity contribution >= 4 is 12.1 Å². The van der Waals surface area contributed by atoms with Crippen LogP contribution in [-0.4, -0.2) is 40.3 Å². The van der Waals surface area contributed by atoms with E-state index in [1.165, 1.54) is 4.90 Å². The third-order valence-corrected chi connectivity index (χ3v) is 3.03. The van der Waals surface area contributed by atoms with Crippen LogP contribution < -0.4 is 0 Å². The highest BCUT2D eigenvalue weighted by Gasteiger charge is 2.57. The fraction of sp³-hybridized carbons (Fsp3) is 0.818. The molecule has 0 radical (unpaired) electrons. The van der Waals surface area contributed by atoms with Crippen molar-refractivity contribution in [3.05, 3.63) is 0 Å². The molecule has 1 amide bonds. The van der Waals surface area contributed by atoms with Crippen LogP contribution in [0.4, 0.5) is 4.79 Å². The monoisotopic (exact) mass is 227 g/mol. The second kappa shape index (κ2) is 3.37. The van der Waals surface area contributed by atoms with E-state index in [0.29, 0.717) is 12.5 Å². The van der Waals surface area contributed by atoms with Crippen LogP contribution >= 0.6 is 0 Å². The van der Waals surface area contributed by atoms with Crippen LogP contribution in [0.5, 0.6) is 0 Å². The molecule has 1 saturated heterocycles. The van der Waals surface area contributed by atoms with Crippen molar-refractivity contribution in [2.75, 3.05) is 6.54 Å². The highest BCUT2D eigenvalue weighted by atomic mass is 16.6. The number of carbonyl (C=O) groups is 2. The minimum absolute atomic E-state index is 0.144. The average Bonchev–Trinajstić information content (AvgIpc) is 2.73. The second-order valence-corrected chi connectivity index (χ2v) is 5.58. The van der Waals surface area contributed by atoms with Gasteiger partial charge in [-0.25, -0.2) is 9.59 Å². The molecule has 0 spiro atoms. The molecule has 0 bridgehead atoms. The molecule has 0 aromatic carbocycles. The molecule has 2 aliphatic rings. The Balaban J connectivity index is 2.04. The molecule has 1 heterocycles. The Morgan fingerprint density at radius 1 is 1.38 bits per heavy atom. The van der Waals surface area contributed by atoms with Crippen LogP contribution in [0, 0.1) is 11.8 Å². The minimum atomic E-state index is -0.921. The summed E-state index contributed by atoms with van der Waals surface area (Å²) in [5.41, 5.74) is -0.576. The summed E-state index contributed by atoms with van der Waals surface area (Å²) >= 11 is 0. The zero-order valence-electron chi connectivity index (χ0n) is 9.77. The molecule has 2 fully saturated rings. The summed E-state index contributed by atoms with van der Waals surface area (Å²) < 4.78 is 5.19. The predicted molar refractivity (Wildman–Crippen MR) is 56.0 cm³/mol. The number of ether oxygens (including phenoxy) is 1. The highest BCUT2D eigenvalue weighted by Crippen LogP contribution is 2.49. The Bertz CT molecular complexity index is 333. The number of aliphatic carboxylic acids is 1. The average molecular weight is 227 g/mol. The van der Waals surface area contributed by atoms with E-state index in [4.69, 9.17) is 9.84 Å². The van der Waals surface area contributed by atoms with Gasteiger partial charge in [0.25, 0.3) is 0 Å². The maximum atomic E-state index is 11.8. The van der Waals surface area contributed by atoms with E-state index >= 15 is 0 Å². The Labute approximate surface area is 94.4 Å². The van der Waals surface area contributed by atoms with Gasteiger partial charge in [0, 0.05) is 6.54 Å². The van der Waals surface area contributed by atoms with Crippen molar-refractivity contribution in [3.8, 4) is 0 Å². The normalized spacial score (nSPS) is 32.2. The number of hydrogen-bond donors (Lipinski definition) is 1. The van der Waals surface area contributed by atoms with Crippen LogP contribution in [0.15, 0.2) is 0 Å². The lowest BCUT2D eigenvalue weighted by Gasteiger charge is -2.28. The molecule has 2 rings (SSSR count). The number of carboxylic acid groups (broad SMARTS) is 1. The first-order valence-electron chi connectivity index (χ1n) is 5.52. The van der Waals surface area contributed by atoms with Crippen molar-refractivity contribution in [1.82, 2.24) is 4.90 Å². The lowest BCUT2D eigenvalue weighted by atomic mass is 10.2. The fourth-order valence-corrected chi connectivity index (χ4v) is 2.29. The Morgan fingerprint density at radius 2 is 2.00 bits per heavy atom. The Kier molecular flexibility index (Phi) is 2.36. The molecular formula is C11H17NO4. The number of likely N-dealkylation sites (tertiary alicyclic amines) is 1. The summed E-state index contributed by atoms with van der Waals surface area (Å²) in [4.78, 5) is 24.2. The minimum Gasteiger partial charge on any atom is -0.480 e. The molecule has 0 aromatic heterocycles. The van der Waals surface area contributed by atoms with Crippen molar-refractivity contribution in [1.29, 1.82) is 0 Å². The molecule has 90 valence electrons. The molecular weight excluding hydrogens is 210 g/mol. The Hall–Kier alpha value is -1.26. The van der Waals surface area contributed by atoms with E-state index < -0.39 is 23.7 Å². The van der Waals surface area contributed by atoms with E-state index in [1.807, 2.05) is 0 Å². The largest absolute Gasteiger partial charge is 0.480 e. The van der Waals surface area contributed by atoms with Gasteiger partial charge in [0.2, 0.25) is 0 Å². The zero-order valence-corrected chi connectivity index (χ0v) is 9.77. The molecule has 5 heteroatoms. The third kappa shape index (κ3) is 1.99. The maximum Gasteiger partial charge on any atom is 0.411 e. The third-order valence-electron chi connectivity index (χ3n) is 3.03. The molecule has 16 heavy (non-hydrogen) atoms. The quantitative estimate of drug-likeness (QED) is 0.733. The fourth-order valence-electron chi connectivity index (χ4n) is 2.29. The first-order valence-corrected chi connectivity index (χ1v) is 5.52. The highest BCUT2D eigenvalue weighted by molar-refractivity contribution is 5.82.